The predicted octanol–water partition coefficient (Wildman–Crippen LogP) is 1.83. The van der Waals surface area contributed by atoms with Crippen molar-refractivity contribution in [3.05, 3.63) is 45.3 Å². The van der Waals surface area contributed by atoms with Crippen molar-refractivity contribution >= 4 is 17.6 Å². The molecular formula is C23H30N6O3. The zero-order valence-corrected chi connectivity index (χ0v) is 19.2. The van der Waals surface area contributed by atoms with Gasteiger partial charge in [0, 0.05) is 56.3 Å². The van der Waals surface area contributed by atoms with Gasteiger partial charge in [-0.25, -0.2) is 14.6 Å². The van der Waals surface area contributed by atoms with Crippen LogP contribution in [0.1, 0.15) is 66.6 Å². The second kappa shape index (κ2) is 8.80. The predicted molar refractivity (Wildman–Crippen MR) is 120 cm³/mol. The van der Waals surface area contributed by atoms with E-state index in [-0.39, 0.29) is 29.0 Å². The minimum Gasteiger partial charge on any atom is -0.336 e. The summed E-state index contributed by atoms with van der Waals surface area (Å²) in [7, 11) is 1.53. The van der Waals surface area contributed by atoms with E-state index in [1.807, 2.05) is 11.8 Å². The lowest BCUT2D eigenvalue weighted by Gasteiger charge is -2.30. The molecule has 0 aliphatic carbocycles. The summed E-state index contributed by atoms with van der Waals surface area (Å²) >= 11 is 0. The largest absolute Gasteiger partial charge is 0.336 e. The van der Waals surface area contributed by atoms with Gasteiger partial charge < -0.3 is 4.90 Å². The number of hydrogen-bond acceptors (Lipinski definition) is 6. The molecule has 0 spiro atoms. The molecule has 4 rings (SSSR count). The third-order valence-electron chi connectivity index (χ3n) is 6.31. The summed E-state index contributed by atoms with van der Waals surface area (Å²) in [6.07, 6.45) is 2.83. The van der Waals surface area contributed by atoms with Crippen molar-refractivity contribution in [2.45, 2.75) is 52.4 Å². The van der Waals surface area contributed by atoms with Crippen molar-refractivity contribution in [1.29, 1.82) is 0 Å². The van der Waals surface area contributed by atoms with Crippen LogP contribution in [0.3, 0.4) is 0 Å². The molecule has 0 unspecified atom stereocenters. The smallest absolute Gasteiger partial charge is 0.274 e. The van der Waals surface area contributed by atoms with Gasteiger partial charge in [-0.05, 0) is 38.2 Å². The zero-order chi connectivity index (χ0) is 23.0. The van der Waals surface area contributed by atoms with E-state index in [9.17, 15) is 14.4 Å². The van der Waals surface area contributed by atoms with E-state index in [4.69, 9.17) is 9.97 Å². The SMILES string of the molecule is Cc1nc([C@H]2CCN(C(=O)c3ccc(=O)n(C)n3)C2)nc2c1CCC(=O)N2CCC(C)C. The van der Waals surface area contributed by atoms with Gasteiger partial charge in [0.25, 0.3) is 11.5 Å². The number of nitrogens with zero attached hydrogens (tertiary/aromatic N) is 6. The van der Waals surface area contributed by atoms with Gasteiger partial charge in [0.05, 0.1) is 0 Å². The van der Waals surface area contributed by atoms with Crippen LogP contribution in [0.25, 0.3) is 0 Å². The van der Waals surface area contributed by atoms with Gasteiger partial charge >= 0.3 is 0 Å². The minimum atomic E-state index is -0.254. The van der Waals surface area contributed by atoms with Gasteiger partial charge in [-0.3, -0.25) is 19.3 Å². The van der Waals surface area contributed by atoms with E-state index in [0.29, 0.717) is 44.2 Å². The standard InChI is InChI=1S/C23H30N6O3/c1-14(2)9-12-29-20(31)7-5-17-15(3)24-21(25-22(17)29)16-10-11-28(13-16)23(32)18-6-8-19(30)27(4)26-18/h6,8,14,16H,5,7,9-13H2,1-4H3/t16-/m0/s1. The first-order valence-electron chi connectivity index (χ1n) is 11.3. The van der Waals surface area contributed by atoms with E-state index >= 15 is 0 Å². The van der Waals surface area contributed by atoms with Crippen LogP contribution in [0, 0.1) is 12.8 Å². The highest BCUT2D eigenvalue weighted by Gasteiger charge is 2.33. The second-order valence-electron chi connectivity index (χ2n) is 9.11. The van der Waals surface area contributed by atoms with Crippen LogP contribution >= 0.6 is 0 Å². The van der Waals surface area contributed by atoms with Crippen molar-refractivity contribution < 1.29 is 9.59 Å². The van der Waals surface area contributed by atoms with Crippen LogP contribution in [0.2, 0.25) is 0 Å². The first-order valence-corrected chi connectivity index (χ1v) is 11.3. The summed E-state index contributed by atoms with van der Waals surface area (Å²) in [5, 5.41) is 4.08. The normalized spacial score (nSPS) is 18.4. The lowest BCUT2D eigenvalue weighted by atomic mass is 10.0. The molecule has 2 aliphatic heterocycles. The molecule has 0 radical (unpaired) electrons. The van der Waals surface area contributed by atoms with Crippen LogP contribution in [-0.4, -0.2) is 56.1 Å². The van der Waals surface area contributed by atoms with Crippen molar-refractivity contribution in [2.24, 2.45) is 13.0 Å². The van der Waals surface area contributed by atoms with E-state index in [0.717, 1.165) is 29.9 Å². The highest BCUT2D eigenvalue weighted by Crippen LogP contribution is 2.32. The molecule has 9 nitrogen and oxygen atoms in total. The Kier molecular flexibility index (Phi) is 6.08. The highest BCUT2D eigenvalue weighted by atomic mass is 16.2. The Hall–Kier alpha value is -3.10. The van der Waals surface area contributed by atoms with Crippen LogP contribution in [-0.2, 0) is 18.3 Å². The maximum Gasteiger partial charge on any atom is 0.274 e. The summed E-state index contributed by atoms with van der Waals surface area (Å²) in [6, 6.07) is 2.82. The summed E-state index contributed by atoms with van der Waals surface area (Å²) in [4.78, 5) is 50.3. The molecule has 0 N–H and O–H groups in total. The van der Waals surface area contributed by atoms with Gasteiger partial charge in [0.2, 0.25) is 5.91 Å². The first kappa shape index (κ1) is 22.1. The number of fused-ring (bicyclic) bond motifs is 1. The van der Waals surface area contributed by atoms with Gasteiger partial charge in [-0.2, -0.15) is 5.10 Å². The highest BCUT2D eigenvalue weighted by molar-refractivity contribution is 5.95. The van der Waals surface area contributed by atoms with Gasteiger partial charge in [0.15, 0.2) is 0 Å². The Bertz CT molecular complexity index is 1110. The molecule has 32 heavy (non-hydrogen) atoms. The third kappa shape index (κ3) is 4.28. The molecule has 170 valence electrons. The number of amides is 2. The monoisotopic (exact) mass is 438 g/mol. The van der Waals surface area contributed by atoms with Gasteiger partial charge in [-0.1, -0.05) is 13.8 Å². The van der Waals surface area contributed by atoms with E-state index in [2.05, 4.69) is 18.9 Å². The van der Waals surface area contributed by atoms with Crippen molar-refractivity contribution in [1.82, 2.24) is 24.6 Å². The van der Waals surface area contributed by atoms with Crippen molar-refractivity contribution in [3.63, 3.8) is 0 Å². The Morgan fingerprint density at radius 2 is 1.97 bits per heavy atom. The maximum atomic E-state index is 12.9. The fourth-order valence-corrected chi connectivity index (χ4v) is 4.34. The number of aryl methyl sites for hydroxylation is 2. The van der Waals surface area contributed by atoms with Crippen LogP contribution in [0.15, 0.2) is 16.9 Å². The summed E-state index contributed by atoms with van der Waals surface area (Å²) in [5.41, 5.74) is 1.96. The van der Waals surface area contributed by atoms with E-state index < -0.39 is 0 Å². The van der Waals surface area contributed by atoms with E-state index in [1.165, 1.54) is 23.9 Å². The molecule has 0 saturated carbocycles. The first-order chi connectivity index (χ1) is 15.2. The van der Waals surface area contributed by atoms with E-state index in [1.54, 1.807) is 4.90 Å². The van der Waals surface area contributed by atoms with Gasteiger partial charge in [0.1, 0.15) is 17.3 Å². The molecule has 2 aliphatic rings. The molecule has 9 heteroatoms. The lowest BCUT2D eigenvalue weighted by molar-refractivity contribution is -0.119. The van der Waals surface area contributed by atoms with Crippen molar-refractivity contribution in [2.75, 3.05) is 24.5 Å². The summed E-state index contributed by atoms with van der Waals surface area (Å²) in [5.74, 6) is 1.84. The topological polar surface area (TPSA) is 101 Å². The maximum absolute atomic E-state index is 12.9. The number of hydrogen-bond donors (Lipinski definition) is 0. The quantitative estimate of drug-likeness (QED) is 0.706. The van der Waals surface area contributed by atoms with Crippen molar-refractivity contribution in [3.8, 4) is 0 Å². The number of likely N-dealkylation sites (tertiary alicyclic amines) is 1. The molecule has 2 aromatic heterocycles. The third-order valence-corrected chi connectivity index (χ3v) is 6.31. The zero-order valence-electron chi connectivity index (χ0n) is 19.2. The number of aromatic nitrogens is 4. The molecule has 4 heterocycles. The molecular weight excluding hydrogens is 408 g/mol. The Labute approximate surface area is 187 Å². The number of carbonyl (C=O) groups is 2. The van der Waals surface area contributed by atoms with Crippen LogP contribution in [0.4, 0.5) is 5.82 Å². The Morgan fingerprint density at radius 1 is 1.19 bits per heavy atom. The summed E-state index contributed by atoms with van der Waals surface area (Å²) < 4.78 is 1.17. The van der Waals surface area contributed by atoms with Gasteiger partial charge in [-0.15, -0.1) is 0 Å². The lowest BCUT2D eigenvalue weighted by Crippen LogP contribution is -2.38. The summed E-state index contributed by atoms with van der Waals surface area (Å²) in [6.45, 7) is 8.00. The molecule has 1 fully saturated rings. The van der Waals surface area contributed by atoms with Crippen LogP contribution in [0.5, 0.6) is 0 Å². The molecule has 1 saturated heterocycles. The molecule has 0 aromatic carbocycles. The number of carbonyl (C=O) groups excluding carboxylic acids is 2. The number of rotatable bonds is 5. The fourth-order valence-electron chi connectivity index (χ4n) is 4.34. The molecule has 2 aromatic rings. The minimum absolute atomic E-state index is 0.000501. The number of anilines is 1. The average molecular weight is 439 g/mol. The molecule has 0 bridgehead atoms. The Balaban J connectivity index is 1.56. The molecule has 2 amide bonds. The Morgan fingerprint density at radius 3 is 2.69 bits per heavy atom. The second-order valence-corrected chi connectivity index (χ2v) is 9.11. The molecule has 1 atom stereocenters. The average Bonchev–Trinajstić information content (AvgIpc) is 3.24. The van der Waals surface area contributed by atoms with Crippen LogP contribution < -0.4 is 10.5 Å². The fraction of sp³-hybridized carbons (Fsp3) is 0.565.